The molecular formula is C18H18FN3O3. The number of nitrogens with zero attached hydrogens (tertiary/aromatic N) is 2. The van der Waals surface area contributed by atoms with Gasteiger partial charge in [-0.25, -0.2) is 9.37 Å². The average Bonchev–Trinajstić information content (AvgIpc) is 3.11. The number of ether oxygens (including phenoxy) is 1. The number of hydrogen-bond acceptors (Lipinski definition) is 5. The lowest BCUT2D eigenvalue weighted by molar-refractivity contribution is -0.131. The maximum Gasteiger partial charge on any atom is 0.264 e. The molecule has 1 amide bonds. The topological polar surface area (TPSA) is 72.8 Å². The van der Waals surface area contributed by atoms with Gasteiger partial charge in [-0.3, -0.25) is 4.79 Å². The summed E-state index contributed by atoms with van der Waals surface area (Å²) in [7, 11) is 0. The molecule has 6 nitrogen and oxygen atoms in total. The van der Waals surface area contributed by atoms with Gasteiger partial charge in [0.15, 0.2) is 0 Å². The normalized spacial score (nSPS) is 16.1. The van der Waals surface area contributed by atoms with Crippen LogP contribution in [0.3, 0.4) is 0 Å². The summed E-state index contributed by atoms with van der Waals surface area (Å²) < 4.78 is 18.7. The lowest BCUT2D eigenvalue weighted by Crippen LogP contribution is -2.34. The quantitative estimate of drug-likeness (QED) is 0.874. The van der Waals surface area contributed by atoms with Crippen LogP contribution in [0.25, 0.3) is 0 Å². The van der Waals surface area contributed by atoms with E-state index in [1.807, 2.05) is 13.0 Å². The van der Waals surface area contributed by atoms with Crippen molar-refractivity contribution < 1.29 is 18.8 Å². The third kappa shape index (κ3) is 4.12. The molecule has 1 atom stereocenters. The third-order valence-electron chi connectivity index (χ3n) is 3.70. The monoisotopic (exact) mass is 343 g/mol. The van der Waals surface area contributed by atoms with Gasteiger partial charge in [0, 0.05) is 30.3 Å². The number of pyridine rings is 1. The van der Waals surface area contributed by atoms with Gasteiger partial charge in [0.2, 0.25) is 12.0 Å². The highest BCUT2D eigenvalue weighted by molar-refractivity contribution is 6.04. The van der Waals surface area contributed by atoms with Crippen LogP contribution >= 0.6 is 0 Å². The molecule has 7 heteroatoms. The van der Waals surface area contributed by atoms with Gasteiger partial charge < -0.3 is 14.9 Å². The van der Waals surface area contributed by atoms with Crippen LogP contribution < -0.4 is 10.1 Å². The molecule has 0 saturated heterocycles. The van der Waals surface area contributed by atoms with Gasteiger partial charge in [0.1, 0.15) is 5.82 Å². The Morgan fingerprint density at radius 1 is 1.40 bits per heavy atom. The second-order valence-corrected chi connectivity index (χ2v) is 5.46. The van der Waals surface area contributed by atoms with Gasteiger partial charge in [-0.05, 0) is 25.1 Å². The fourth-order valence-corrected chi connectivity index (χ4v) is 2.48. The molecule has 0 spiro atoms. The van der Waals surface area contributed by atoms with Crippen LogP contribution in [0.2, 0.25) is 0 Å². The Morgan fingerprint density at radius 2 is 2.28 bits per heavy atom. The van der Waals surface area contributed by atoms with E-state index in [0.29, 0.717) is 30.2 Å². The number of benzene rings is 1. The van der Waals surface area contributed by atoms with Crippen LogP contribution in [0, 0.1) is 5.82 Å². The lowest BCUT2D eigenvalue weighted by atomic mass is 10.0. The van der Waals surface area contributed by atoms with Gasteiger partial charge in [-0.1, -0.05) is 23.4 Å². The summed E-state index contributed by atoms with van der Waals surface area (Å²) in [5.74, 6) is -0.149. The van der Waals surface area contributed by atoms with Crippen LogP contribution in [0.4, 0.5) is 4.39 Å². The molecule has 0 bridgehead atoms. The standard InChI is InChI=1S/C18H18FN3O3/c1-2-24-18-13(6-4-8-20-18)11-21-17(23)16-10-15(22-25-16)12-5-3-7-14(19)9-12/h3-9,16H,2,10-11H2,1H3,(H,21,23)/t16-/m1/s1. The second-order valence-electron chi connectivity index (χ2n) is 5.46. The fourth-order valence-electron chi connectivity index (χ4n) is 2.48. The zero-order chi connectivity index (χ0) is 17.6. The Bertz CT molecular complexity index is 795. The summed E-state index contributed by atoms with van der Waals surface area (Å²) >= 11 is 0. The summed E-state index contributed by atoms with van der Waals surface area (Å²) in [5.41, 5.74) is 1.94. The van der Waals surface area contributed by atoms with E-state index in [9.17, 15) is 9.18 Å². The van der Waals surface area contributed by atoms with Crippen molar-refractivity contribution in [3.63, 3.8) is 0 Å². The van der Waals surface area contributed by atoms with Crippen molar-refractivity contribution in [2.24, 2.45) is 5.16 Å². The molecule has 0 saturated carbocycles. The van der Waals surface area contributed by atoms with E-state index in [2.05, 4.69) is 15.5 Å². The van der Waals surface area contributed by atoms with Gasteiger partial charge in [0.25, 0.3) is 5.91 Å². The number of hydrogen-bond donors (Lipinski definition) is 1. The van der Waals surface area contributed by atoms with Crippen LogP contribution in [0.1, 0.15) is 24.5 Å². The summed E-state index contributed by atoms with van der Waals surface area (Å²) in [5, 5.41) is 6.70. The van der Waals surface area contributed by atoms with Crippen molar-refractivity contribution in [2.45, 2.75) is 26.0 Å². The molecule has 25 heavy (non-hydrogen) atoms. The highest BCUT2D eigenvalue weighted by atomic mass is 19.1. The van der Waals surface area contributed by atoms with Crippen LogP contribution in [-0.4, -0.2) is 29.3 Å². The molecule has 0 fully saturated rings. The zero-order valence-electron chi connectivity index (χ0n) is 13.7. The predicted molar refractivity (Wildman–Crippen MR) is 89.7 cm³/mol. The van der Waals surface area contributed by atoms with Crippen molar-refractivity contribution in [1.82, 2.24) is 10.3 Å². The molecule has 0 radical (unpaired) electrons. The zero-order valence-corrected chi connectivity index (χ0v) is 13.7. The highest BCUT2D eigenvalue weighted by Gasteiger charge is 2.29. The van der Waals surface area contributed by atoms with E-state index >= 15 is 0 Å². The Balaban J connectivity index is 1.57. The van der Waals surface area contributed by atoms with Gasteiger partial charge in [-0.2, -0.15) is 0 Å². The molecule has 2 aromatic rings. The Hall–Kier alpha value is -2.96. The molecule has 1 aliphatic rings. The number of rotatable bonds is 6. The number of halogens is 1. The molecule has 130 valence electrons. The lowest BCUT2D eigenvalue weighted by Gasteiger charge is -2.12. The van der Waals surface area contributed by atoms with E-state index in [1.54, 1.807) is 24.4 Å². The minimum atomic E-state index is -0.731. The van der Waals surface area contributed by atoms with Gasteiger partial charge in [0.05, 0.1) is 12.3 Å². The Morgan fingerprint density at radius 3 is 3.08 bits per heavy atom. The highest BCUT2D eigenvalue weighted by Crippen LogP contribution is 2.18. The predicted octanol–water partition coefficient (Wildman–Crippen LogP) is 2.43. The van der Waals surface area contributed by atoms with Gasteiger partial charge >= 0.3 is 0 Å². The van der Waals surface area contributed by atoms with E-state index in [-0.39, 0.29) is 18.3 Å². The molecule has 1 aliphatic heterocycles. The first-order valence-electron chi connectivity index (χ1n) is 8.00. The molecule has 1 N–H and O–H groups in total. The van der Waals surface area contributed by atoms with Crippen molar-refractivity contribution in [2.75, 3.05) is 6.61 Å². The molecule has 0 unspecified atom stereocenters. The average molecular weight is 343 g/mol. The SMILES string of the molecule is CCOc1ncccc1CNC(=O)[C@H]1CC(c2cccc(F)c2)=NO1. The second kappa shape index (κ2) is 7.74. The van der Waals surface area contributed by atoms with E-state index in [0.717, 1.165) is 5.56 Å². The van der Waals surface area contributed by atoms with Crippen molar-refractivity contribution >= 4 is 11.6 Å². The maximum atomic E-state index is 13.3. The number of oxime groups is 1. The fraction of sp³-hybridized carbons (Fsp3) is 0.278. The van der Waals surface area contributed by atoms with Crippen LogP contribution in [0.15, 0.2) is 47.8 Å². The minimum absolute atomic E-state index is 0.275. The molecule has 1 aromatic heterocycles. The number of amides is 1. The molecule has 2 heterocycles. The summed E-state index contributed by atoms with van der Waals surface area (Å²) in [4.78, 5) is 21.6. The first-order valence-corrected chi connectivity index (χ1v) is 8.00. The first kappa shape index (κ1) is 16.9. The summed E-state index contributed by atoms with van der Waals surface area (Å²) in [6.07, 6.45) is 1.20. The Kier molecular flexibility index (Phi) is 5.23. The van der Waals surface area contributed by atoms with Crippen LogP contribution in [-0.2, 0) is 16.2 Å². The largest absolute Gasteiger partial charge is 0.478 e. The molecular weight excluding hydrogens is 325 g/mol. The number of aromatic nitrogens is 1. The van der Waals surface area contributed by atoms with E-state index < -0.39 is 6.10 Å². The van der Waals surface area contributed by atoms with E-state index in [1.165, 1.54) is 12.1 Å². The van der Waals surface area contributed by atoms with Crippen molar-refractivity contribution in [3.8, 4) is 5.88 Å². The maximum absolute atomic E-state index is 13.3. The molecule has 1 aromatic carbocycles. The van der Waals surface area contributed by atoms with Gasteiger partial charge in [-0.15, -0.1) is 0 Å². The smallest absolute Gasteiger partial charge is 0.264 e. The molecule has 0 aliphatic carbocycles. The number of carbonyl (C=O) groups excluding carboxylic acids is 1. The first-order chi connectivity index (χ1) is 12.2. The van der Waals surface area contributed by atoms with Crippen molar-refractivity contribution in [3.05, 3.63) is 59.5 Å². The van der Waals surface area contributed by atoms with E-state index in [4.69, 9.17) is 9.57 Å². The third-order valence-corrected chi connectivity index (χ3v) is 3.70. The molecule has 3 rings (SSSR count). The number of carbonyl (C=O) groups is 1. The Labute approximate surface area is 144 Å². The van der Waals surface area contributed by atoms with Crippen molar-refractivity contribution in [1.29, 1.82) is 0 Å². The summed E-state index contributed by atoms with van der Waals surface area (Å²) in [6, 6.07) is 9.66. The minimum Gasteiger partial charge on any atom is -0.478 e. The number of nitrogens with one attached hydrogen (secondary N) is 1. The van der Waals surface area contributed by atoms with Crippen LogP contribution in [0.5, 0.6) is 5.88 Å². The summed E-state index contributed by atoms with van der Waals surface area (Å²) in [6.45, 7) is 2.64.